The minimum absolute atomic E-state index is 0.169. The number of piperazine rings is 1. The molecule has 2 aliphatic rings. The molecule has 0 N–H and O–H groups in total. The number of rotatable bonds is 5. The highest BCUT2D eigenvalue weighted by atomic mass is 16.5. The molecule has 1 saturated heterocycles. The number of aromatic nitrogens is 3. The maximum atomic E-state index is 12.3. The van der Waals surface area contributed by atoms with Gasteiger partial charge in [0.1, 0.15) is 5.69 Å². The number of carbonyl (C=O) groups excluding carboxylic acids is 1. The average molecular weight is 327 g/mol. The van der Waals surface area contributed by atoms with Gasteiger partial charge in [0, 0.05) is 51.3 Å². The van der Waals surface area contributed by atoms with Gasteiger partial charge in [0.15, 0.2) is 0 Å². The van der Waals surface area contributed by atoms with Crippen molar-refractivity contribution in [2.75, 3.05) is 26.2 Å². The second kappa shape index (κ2) is 6.68. The summed E-state index contributed by atoms with van der Waals surface area (Å²) < 4.78 is 5.23. The second-order valence-corrected chi connectivity index (χ2v) is 6.37. The van der Waals surface area contributed by atoms with Crippen molar-refractivity contribution in [3.63, 3.8) is 0 Å². The van der Waals surface area contributed by atoms with E-state index >= 15 is 0 Å². The number of amides is 1. The molecule has 0 atom stereocenters. The van der Waals surface area contributed by atoms with Gasteiger partial charge in [-0.15, -0.1) is 0 Å². The summed E-state index contributed by atoms with van der Waals surface area (Å²) in [6.07, 6.45) is 5.22. The topological polar surface area (TPSA) is 75.4 Å². The molecule has 2 aromatic rings. The van der Waals surface area contributed by atoms with Crippen LogP contribution in [0.25, 0.3) is 11.5 Å². The van der Waals surface area contributed by atoms with E-state index in [1.165, 1.54) is 12.8 Å². The van der Waals surface area contributed by atoms with Crippen LogP contribution in [-0.4, -0.2) is 63.1 Å². The SMILES string of the molecule is O=C(CCc1nc(-c2ccccn2)no1)N1CCN(C2CC2)CC1. The quantitative estimate of drug-likeness (QED) is 0.826. The summed E-state index contributed by atoms with van der Waals surface area (Å²) in [4.78, 5) is 25.3. The van der Waals surface area contributed by atoms with Crippen LogP contribution < -0.4 is 0 Å². The Hall–Kier alpha value is -2.28. The number of carbonyl (C=O) groups is 1. The van der Waals surface area contributed by atoms with Crippen LogP contribution in [0.15, 0.2) is 28.9 Å². The van der Waals surface area contributed by atoms with Crippen LogP contribution in [0.1, 0.15) is 25.2 Å². The maximum absolute atomic E-state index is 12.3. The third-order valence-corrected chi connectivity index (χ3v) is 4.65. The van der Waals surface area contributed by atoms with Gasteiger partial charge in [-0.25, -0.2) is 0 Å². The molecule has 7 nitrogen and oxygen atoms in total. The lowest BCUT2D eigenvalue weighted by atomic mass is 10.2. The lowest BCUT2D eigenvalue weighted by Gasteiger charge is -2.34. The minimum Gasteiger partial charge on any atom is -0.340 e. The first kappa shape index (κ1) is 15.3. The predicted molar refractivity (Wildman–Crippen MR) is 87.0 cm³/mol. The van der Waals surface area contributed by atoms with Crippen molar-refractivity contribution in [2.45, 2.75) is 31.7 Å². The van der Waals surface area contributed by atoms with Crippen LogP contribution in [0.5, 0.6) is 0 Å². The number of hydrogen-bond acceptors (Lipinski definition) is 6. The highest BCUT2D eigenvalue weighted by molar-refractivity contribution is 5.76. The van der Waals surface area contributed by atoms with Gasteiger partial charge in [-0.1, -0.05) is 11.2 Å². The Kier molecular flexibility index (Phi) is 4.25. The molecule has 7 heteroatoms. The van der Waals surface area contributed by atoms with E-state index in [0.717, 1.165) is 32.2 Å². The molecule has 126 valence electrons. The number of hydrogen-bond donors (Lipinski definition) is 0. The second-order valence-electron chi connectivity index (χ2n) is 6.37. The van der Waals surface area contributed by atoms with Gasteiger partial charge in [0.05, 0.1) is 0 Å². The Morgan fingerprint density at radius 3 is 2.75 bits per heavy atom. The van der Waals surface area contributed by atoms with E-state index in [1.807, 2.05) is 23.1 Å². The van der Waals surface area contributed by atoms with Crippen molar-refractivity contribution in [1.29, 1.82) is 0 Å². The van der Waals surface area contributed by atoms with E-state index < -0.39 is 0 Å². The fourth-order valence-electron chi connectivity index (χ4n) is 3.10. The Morgan fingerprint density at radius 2 is 2.04 bits per heavy atom. The molecule has 0 aromatic carbocycles. The summed E-state index contributed by atoms with van der Waals surface area (Å²) in [5.74, 6) is 1.12. The van der Waals surface area contributed by atoms with Crippen molar-refractivity contribution in [3.8, 4) is 11.5 Å². The maximum Gasteiger partial charge on any atom is 0.227 e. The normalized spacial score (nSPS) is 18.8. The molecule has 0 bridgehead atoms. The molecule has 24 heavy (non-hydrogen) atoms. The molecule has 3 heterocycles. The van der Waals surface area contributed by atoms with Crippen LogP contribution in [0.3, 0.4) is 0 Å². The largest absolute Gasteiger partial charge is 0.340 e. The lowest BCUT2D eigenvalue weighted by molar-refractivity contribution is -0.133. The van der Waals surface area contributed by atoms with Crippen molar-refractivity contribution in [3.05, 3.63) is 30.3 Å². The number of nitrogens with zero attached hydrogens (tertiary/aromatic N) is 5. The molecule has 2 aromatic heterocycles. The highest BCUT2D eigenvalue weighted by Gasteiger charge is 2.32. The van der Waals surface area contributed by atoms with E-state index in [4.69, 9.17) is 4.52 Å². The van der Waals surface area contributed by atoms with Crippen molar-refractivity contribution in [1.82, 2.24) is 24.9 Å². The Balaban J connectivity index is 1.27. The summed E-state index contributed by atoms with van der Waals surface area (Å²) in [6, 6.07) is 6.33. The van der Waals surface area contributed by atoms with Gasteiger partial charge < -0.3 is 9.42 Å². The minimum atomic E-state index is 0.169. The smallest absolute Gasteiger partial charge is 0.227 e. The van der Waals surface area contributed by atoms with Crippen molar-refractivity contribution in [2.24, 2.45) is 0 Å². The zero-order chi connectivity index (χ0) is 16.4. The van der Waals surface area contributed by atoms with Gasteiger partial charge in [0.2, 0.25) is 17.6 Å². The lowest BCUT2D eigenvalue weighted by Crippen LogP contribution is -2.49. The van der Waals surface area contributed by atoms with Gasteiger partial charge >= 0.3 is 0 Å². The summed E-state index contributed by atoms with van der Waals surface area (Å²) in [5, 5.41) is 3.93. The Bertz CT molecular complexity index is 690. The Labute approximate surface area is 140 Å². The fraction of sp³-hybridized carbons (Fsp3) is 0.529. The van der Waals surface area contributed by atoms with Crippen LogP contribution >= 0.6 is 0 Å². The molecule has 0 spiro atoms. The molecule has 1 aliphatic heterocycles. The van der Waals surface area contributed by atoms with Crippen LogP contribution in [0.2, 0.25) is 0 Å². The van der Waals surface area contributed by atoms with E-state index in [1.54, 1.807) is 6.20 Å². The van der Waals surface area contributed by atoms with E-state index in [2.05, 4.69) is 20.0 Å². The summed E-state index contributed by atoms with van der Waals surface area (Å²) in [5.41, 5.74) is 0.676. The standard InChI is InChI=1S/C17H21N5O2/c23-16(22-11-9-21(10-12-22)13-4-5-13)7-6-15-19-17(20-24-15)14-3-1-2-8-18-14/h1-3,8,13H,4-7,9-12H2. The monoisotopic (exact) mass is 327 g/mol. The number of pyridine rings is 1. The summed E-state index contributed by atoms with van der Waals surface area (Å²) in [6.45, 7) is 3.66. The highest BCUT2D eigenvalue weighted by Crippen LogP contribution is 2.27. The van der Waals surface area contributed by atoms with Gasteiger partial charge in [-0.2, -0.15) is 4.98 Å². The van der Waals surface area contributed by atoms with Crippen LogP contribution in [0, 0.1) is 0 Å². The van der Waals surface area contributed by atoms with Gasteiger partial charge in [-0.05, 0) is 25.0 Å². The van der Waals surface area contributed by atoms with E-state index in [-0.39, 0.29) is 5.91 Å². The third kappa shape index (κ3) is 3.46. The van der Waals surface area contributed by atoms with Crippen LogP contribution in [0.4, 0.5) is 0 Å². The molecule has 2 fully saturated rings. The first-order valence-corrected chi connectivity index (χ1v) is 8.55. The molecule has 1 aliphatic carbocycles. The first-order chi connectivity index (χ1) is 11.8. The van der Waals surface area contributed by atoms with Gasteiger partial charge in [0.25, 0.3) is 0 Å². The van der Waals surface area contributed by atoms with E-state index in [9.17, 15) is 4.79 Å². The van der Waals surface area contributed by atoms with Gasteiger partial charge in [-0.3, -0.25) is 14.7 Å². The Morgan fingerprint density at radius 1 is 1.21 bits per heavy atom. The zero-order valence-electron chi connectivity index (χ0n) is 13.6. The van der Waals surface area contributed by atoms with Crippen LogP contribution in [-0.2, 0) is 11.2 Å². The van der Waals surface area contributed by atoms with Crippen molar-refractivity contribution >= 4 is 5.91 Å². The molecule has 0 radical (unpaired) electrons. The predicted octanol–water partition coefficient (Wildman–Crippen LogP) is 1.37. The molecular weight excluding hydrogens is 306 g/mol. The van der Waals surface area contributed by atoms with Crippen molar-refractivity contribution < 1.29 is 9.32 Å². The molecular formula is C17H21N5O2. The summed E-state index contributed by atoms with van der Waals surface area (Å²) in [7, 11) is 0. The molecule has 4 rings (SSSR count). The first-order valence-electron chi connectivity index (χ1n) is 8.55. The third-order valence-electron chi connectivity index (χ3n) is 4.65. The molecule has 0 unspecified atom stereocenters. The zero-order valence-corrected chi connectivity index (χ0v) is 13.6. The van der Waals surface area contributed by atoms with E-state index in [0.29, 0.717) is 30.3 Å². The molecule has 1 amide bonds. The fourth-order valence-corrected chi connectivity index (χ4v) is 3.10. The number of aryl methyl sites for hydroxylation is 1. The molecule has 1 saturated carbocycles. The average Bonchev–Trinajstić information content (AvgIpc) is 3.38. The summed E-state index contributed by atoms with van der Waals surface area (Å²) >= 11 is 0.